The van der Waals surface area contributed by atoms with Crippen LogP contribution in [0.15, 0.2) is 48.5 Å². The van der Waals surface area contributed by atoms with Crippen molar-refractivity contribution in [2.24, 2.45) is 5.73 Å². The van der Waals surface area contributed by atoms with Crippen molar-refractivity contribution in [2.75, 3.05) is 0 Å². The summed E-state index contributed by atoms with van der Waals surface area (Å²) < 4.78 is 14.1. The second-order valence-corrected chi connectivity index (χ2v) is 5.83. The molecule has 0 saturated heterocycles. The maximum atomic E-state index is 13.2. The standard InChI is InChI=1S/C16H14FNS/c1-10-2-4-11(5-3-10)16(18)15-8-12-6-7-13(17)9-14(12)19-15/h2-9,16H,18H2,1H3. The molecule has 1 unspecified atom stereocenters. The molecule has 1 nitrogen and oxygen atoms in total. The van der Waals surface area contributed by atoms with Gasteiger partial charge in [0.25, 0.3) is 0 Å². The molecule has 0 aliphatic rings. The van der Waals surface area contributed by atoms with Crippen LogP contribution in [0.4, 0.5) is 4.39 Å². The van der Waals surface area contributed by atoms with Gasteiger partial charge in [-0.05, 0) is 36.1 Å². The number of hydrogen-bond acceptors (Lipinski definition) is 2. The molecule has 1 heterocycles. The highest BCUT2D eigenvalue weighted by atomic mass is 32.1. The Balaban J connectivity index is 2.01. The first kappa shape index (κ1) is 12.3. The number of hydrogen-bond donors (Lipinski definition) is 1. The molecule has 3 aromatic rings. The van der Waals surface area contributed by atoms with Crippen molar-refractivity contribution < 1.29 is 4.39 Å². The Hall–Kier alpha value is -1.71. The maximum absolute atomic E-state index is 13.2. The highest BCUT2D eigenvalue weighted by molar-refractivity contribution is 7.19. The monoisotopic (exact) mass is 271 g/mol. The molecule has 0 aliphatic heterocycles. The minimum Gasteiger partial charge on any atom is -0.320 e. The predicted octanol–water partition coefficient (Wildman–Crippen LogP) is 4.40. The zero-order valence-electron chi connectivity index (χ0n) is 10.6. The molecule has 3 rings (SSSR count). The van der Waals surface area contributed by atoms with Crippen molar-refractivity contribution >= 4 is 21.4 Å². The molecule has 3 heteroatoms. The van der Waals surface area contributed by atoms with Crippen LogP contribution in [0.3, 0.4) is 0 Å². The van der Waals surface area contributed by atoms with Gasteiger partial charge in [0.1, 0.15) is 5.82 Å². The van der Waals surface area contributed by atoms with E-state index in [0.717, 1.165) is 20.5 Å². The minimum atomic E-state index is -0.204. The first-order valence-corrected chi connectivity index (χ1v) is 6.96. The normalized spacial score (nSPS) is 12.8. The van der Waals surface area contributed by atoms with Gasteiger partial charge >= 0.3 is 0 Å². The third-order valence-electron chi connectivity index (χ3n) is 3.24. The van der Waals surface area contributed by atoms with Crippen LogP contribution in [0.25, 0.3) is 10.1 Å². The lowest BCUT2D eigenvalue weighted by atomic mass is 10.0. The molecule has 0 amide bonds. The van der Waals surface area contributed by atoms with Crippen molar-refractivity contribution in [3.63, 3.8) is 0 Å². The van der Waals surface area contributed by atoms with Gasteiger partial charge in [0.2, 0.25) is 0 Å². The van der Waals surface area contributed by atoms with Crippen LogP contribution < -0.4 is 5.73 Å². The molecule has 0 bridgehead atoms. The molecule has 0 fully saturated rings. The average molecular weight is 271 g/mol. The number of nitrogens with two attached hydrogens (primary N) is 1. The number of benzene rings is 2. The summed E-state index contributed by atoms with van der Waals surface area (Å²) in [5.74, 6) is -0.204. The van der Waals surface area contributed by atoms with Crippen molar-refractivity contribution in [3.8, 4) is 0 Å². The summed E-state index contributed by atoms with van der Waals surface area (Å²) >= 11 is 1.55. The number of thiophene rings is 1. The summed E-state index contributed by atoms with van der Waals surface area (Å²) in [4.78, 5) is 1.06. The fourth-order valence-corrected chi connectivity index (χ4v) is 3.24. The molecule has 0 saturated carbocycles. The van der Waals surface area contributed by atoms with E-state index in [1.165, 1.54) is 11.6 Å². The molecule has 19 heavy (non-hydrogen) atoms. The van der Waals surface area contributed by atoms with Crippen molar-refractivity contribution in [2.45, 2.75) is 13.0 Å². The van der Waals surface area contributed by atoms with Crippen LogP contribution in [0.2, 0.25) is 0 Å². The van der Waals surface area contributed by atoms with Crippen LogP contribution in [-0.4, -0.2) is 0 Å². The van der Waals surface area contributed by atoms with E-state index in [-0.39, 0.29) is 11.9 Å². The summed E-state index contributed by atoms with van der Waals surface area (Å²) in [6.45, 7) is 2.05. The fraction of sp³-hybridized carbons (Fsp3) is 0.125. The quantitative estimate of drug-likeness (QED) is 0.734. The van der Waals surface area contributed by atoms with E-state index < -0.39 is 0 Å². The van der Waals surface area contributed by atoms with Gasteiger partial charge in [-0.1, -0.05) is 35.9 Å². The van der Waals surface area contributed by atoms with Gasteiger partial charge in [0.15, 0.2) is 0 Å². The molecular formula is C16H14FNS. The summed E-state index contributed by atoms with van der Waals surface area (Å²) in [5.41, 5.74) is 8.58. The fourth-order valence-electron chi connectivity index (χ4n) is 2.12. The van der Waals surface area contributed by atoms with Crippen LogP contribution in [0.1, 0.15) is 22.0 Å². The molecule has 0 radical (unpaired) electrons. The third-order valence-corrected chi connectivity index (χ3v) is 4.43. The van der Waals surface area contributed by atoms with Gasteiger partial charge in [0.05, 0.1) is 6.04 Å². The second kappa shape index (κ2) is 4.76. The first-order valence-electron chi connectivity index (χ1n) is 6.14. The van der Waals surface area contributed by atoms with E-state index in [0.29, 0.717) is 0 Å². The molecule has 2 N–H and O–H groups in total. The van der Waals surface area contributed by atoms with E-state index >= 15 is 0 Å². The van der Waals surface area contributed by atoms with Gasteiger partial charge < -0.3 is 5.73 Å². The Labute approximate surface area is 115 Å². The number of fused-ring (bicyclic) bond motifs is 1. The maximum Gasteiger partial charge on any atom is 0.124 e. The van der Waals surface area contributed by atoms with Gasteiger partial charge in [0, 0.05) is 9.58 Å². The van der Waals surface area contributed by atoms with Crippen LogP contribution in [0.5, 0.6) is 0 Å². The zero-order chi connectivity index (χ0) is 13.4. The summed E-state index contributed by atoms with van der Waals surface area (Å²) in [6, 6.07) is 14.9. The van der Waals surface area contributed by atoms with Gasteiger partial charge in [-0.15, -0.1) is 11.3 Å². The largest absolute Gasteiger partial charge is 0.320 e. The Kier molecular flexibility index (Phi) is 3.09. The highest BCUT2D eigenvalue weighted by Crippen LogP contribution is 2.32. The predicted molar refractivity (Wildman–Crippen MR) is 79.0 cm³/mol. The van der Waals surface area contributed by atoms with Gasteiger partial charge in [-0.25, -0.2) is 4.39 Å². The Bertz CT molecular complexity index is 715. The van der Waals surface area contributed by atoms with E-state index in [4.69, 9.17) is 5.73 Å². The average Bonchev–Trinajstić information content (AvgIpc) is 2.81. The molecule has 2 aromatic carbocycles. The number of halogens is 1. The van der Waals surface area contributed by atoms with Crippen LogP contribution >= 0.6 is 11.3 Å². The smallest absolute Gasteiger partial charge is 0.124 e. The molecule has 0 aliphatic carbocycles. The van der Waals surface area contributed by atoms with E-state index in [1.807, 2.05) is 18.2 Å². The summed E-state index contributed by atoms with van der Waals surface area (Å²) in [6.07, 6.45) is 0. The van der Waals surface area contributed by atoms with E-state index in [2.05, 4.69) is 19.1 Å². The third kappa shape index (κ3) is 2.39. The Morgan fingerprint density at radius 1 is 1.05 bits per heavy atom. The Morgan fingerprint density at radius 2 is 1.79 bits per heavy atom. The highest BCUT2D eigenvalue weighted by Gasteiger charge is 2.12. The van der Waals surface area contributed by atoms with Crippen molar-refractivity contribution in [3.05, 3.63) is 70.4 Å². The van der Waals surface area contributed by atoms with E-state index in [1.54, 1.807) is 23.5 Å². The first-order chi connectivity index (χ1) is 9.13. The Morgan fingerprint density at radius 3 is 2.53 bits per heavy atom. The van der Waals surface area contributed by atoms with Crippen LogP contribution in [-0.2, 0) is 0 Å². The SMILES string of the molecule is Cc1ccc(C(N)c2cc3ccc(F)cc3s2)cc1. The molecule has 1 aromatic heterocycles. The topological polar surface area (TPSA) is 26.0 Å². The second-order valence-electron chi connectivity index (χ2n) is 4.72. The van der Waals surface area contributed by atoms with Crippen LogP contribution in [0, 0.1) is 12.7 Å². The molecule has 96 valence electrons. The number of rotatable bonds is 2. The minimum absolute atomic E-state index is 0.152. The van der Waals surface area contributed by atoms with Crippen molar-refractivity contribution in [1.29, 1.82) is 0 Å². The van der Waals surface area contributed by atoms with Gasteiger partial charge in [-0.2, -0.15) is 0 Å². The summed E-state index contributed by atoms with van der Waals surface area (Å²) in [5, 5.41) is 1.05. The zero-order valence-corrected chi connectivity index (χ0v) is 11.4. The lowest BCUT2D eigenvalue weighted by molar-refractivity contribution is 0.630. The van der Waals surface area contributed by atoms with E-state index in [9.17, 15) is 4.39 Å². The molecule has 1 atom stereocenters. The van der Waals surface area contributed by atoms with Crippen molar-refractivity contribution in [1.82, 2.24) is 0 Å². The molecular weight excluding hydrogens is 257 g/mol. The van der Waals surface area contributed by atoms with Gasteiger partial charge in [-0.3, -0.25) is 0 Å². The lowest BCUT2D eigenvalue weighted by Crippen LogP contribution is -2.09. The number of aryl methyl sites for hydroxylation is 1. The summed E-state index contributed by atoms with van der Waals surface area (Å²) in [7, 11) is 0. The lowest BCUT2D eigenvalue weighted by Gasteiger charge is -2.09. The molecule has 0 spiro atoms.